The van der Waals surface area contributed by atoms with Crippen molar-refractivity contribution in [2.75, 3.05) is 33.4 Å². The number of benzene rings is 2. The van der Waals surface area contributed by atoms with Crippen LogP contribution in [0.5, 0.6) is 11.5 Å². The monoisotopic (exact) mass is 473 g/mol. The Labute approximate surface area is 202 Å². The normalized spacial score (nSPS) is 14.1. The minimum Gasteiger partial charge on any atom is -0.496 e. The molecular weight excluding hydrogens is 446 g/mol. The summed E-state index contributed by atoms with van der Waals surface area (Å²) < 4.78 is 18.8. The largest absolute Gasteiger partial charge is 0.496 e. The summed E-state index contributed by atoms with van der Waals surface area (Å²) in [5.74, 6) is 1.04. The number of hydrogen-bond acceptors (Lipinski definition) is 7. The van der Waals surface area contributed by atoms with Crippen molar-refractivity contribution >= 4 is 27.8 Å². The number of rotatable bonds is 8. The van der Waals surface area contributed by atoms with Gasteiger partial charge in [0.1, 0.15) is 23.4 Å². The van der Waals surface area contributed by atoms with Gasteiger partial charge >= 0.3 is 5.97 Å². The lowest BCUT2D eigenvalue weighted by Gasteiger charge is -2.38. The van der Waals surface area contributed by atoms with Gasteiger partial charge in [0.25, 0.3) is 0 Å². The summed E-state index contributed by atoms with van der Waals surface area (Å²) in [7, 11) is 1.67. The number of nitriles is 1. The third-order valence-electron chi connectivity index (χ3n) is 6.32. The second kappa shape index (κ2) is 9.31. The first-order valence-electron chi connectivity index (χ1n) is 11.6. The SMILES string of the molecule is CCOC(=O)CN1CC(Oc2c(C#N)ccc3cn(Cc4c(OC)cc(C)c5[nH]ccc45)nc23)C1. The number of methoxy groups -OCH3 is 1. The molecule has 0 amide bonds. The summed E-state index contributed by atoms with van der Waals surface area (Å²) in [6.45, 7) is 6.13. The smallest absolute Gasteiger partial charge is 0.320 e. The standard InChI is InChI=1S/C26H27N5O4/c1-4-34-23(32)15-30-12-19(13-30)35-26-17(10-27)5-6-18-11-31(29-25(18)26)14-21-20-7-8-28-24(20)16(2)9-22(21)33-3/h5-9,11,19,28H,4,12-15H2,1-3H3. The van der Waals surface area contributed by atoms with Gasteiger partial charge in [0.2, 0.25) is 0 Å². The van der Waals surface area contributed by atoms with Crippen LogP contribution < -0.4 is 9.47 Å². The van der Waals surface area contributed by atoms with Gasteiger partial charge in [-0.15, -0.1) is 0 Å². The highest BCUT2D eigenvalue weighted by atomic mass is 16.5. The predicted molar refractivity (Wildman–Crippen MR) is 131 cm³/mol. The number of ether oxygens (including phenoxy) is 3. The predicted octanol–water partition coefficient (Wildman–Crippen LogP) is 3.38. The lowest BCUT2D eigenvalue weighted by molar-refractivity contribution is -0.146. The fourth-order valence-corrected chi connectivity index (χ4v) is 4.62. The van der Waals surface area contributed by atoms with E-state index >= 15 is 0 Å². The minimum atomic E-state index is -0.243. The van der Waals surface area contributed by atoms with Gasteiger partial charge in [-0.25, -0.2) is 0 Å². The Morgan fingerprint density at radius 3 is 2.89 bits per heavy atom. The van der Waals surface area contributed by atoms with Crippen LogP contribution in [0.3, 0.4) is 0 Å². The first kappa shape index (κ1) is 22.7. The third kappa shape index (κ3) is 4.29. The Bertz CT molecular complexity index is 1440. The third-order valence-corrected chi connectivity index (χ3v) is 6.32. The molecule has 1 fully saturated rings. The number of nitrogens with zero attached hydrogens (tertiary/aromatic N) is 4. The van der Waals surface area contributed by atoms with Crippen molar-refractivity contribution in [2.45, 2.75) is 26.5 Å². The highest BCUT2D eigenvalue weighted by Crippen LogP contribution is 2.34. The van der Waals surface area contributed by atoms with Crippen LogP contribution in [-0.2, 0) is 16.1 Å². The Hall–Kier alpha value is -4.03. The van der Waals surface area contributed by atoms with Crippen molar-refractivity contribution in [1.82, 2.24) is 19.7 Å². The molecule has 4 aromatic rings. The fourth-order valence-electron chi connectivity index (χ4n) is 4.62. The molecule has 0 radical (unpaired) electrons. The van der Waals surface area contributed by atoms with Crippen molar-refractivity contribution < 1.29 is 19.0 Å². The second-order valence-electron chi connectivity index (χ2n) is 8.70. The molecule has 1 aliphatic heterocycles. The number of carbonyl (C=O) groups is 1. The average Bonchev–Trinajstić information content (AvgIpc) is 3.47. The molecule has 180 valence electrons. The number of aromatic amines is 1. The van der Waals surface area contributed by atoms with Crippen LogP contribution in [0, 0.1) is 18.3 Å². The molecule has 9 nitrogen and oxygen atoms in total. The first-order chi connectivity index (χ1) is 17.0. The van der Waals surface area contributed by atoms with E-state index in [1.54, 1.807) is 20.1 Å². The molecule has 2 aromatic carbocycles. The number of aryl methyl sites for hydroxylation is 1. The van der Waals surface area contributed by atoms with Crippen LogP contribution in [0.15, 0.2) is 36.7 Å². The number of fused-ring (bicyclic) bond motifs is 2. The van der Waals surface area contributed by atoms with E-state index in [1.165, 1.54) is 0 Å². The molecule has 0 spiro atoms. The van der Waals surface area contributed by atoms with Gasteiger partial charge in [0.15, 0.2) is 5.75 Å². The van der Waals surface area contributed by atoms with Crippen LogP contribution in [0.25, 0.3) is 21.8 Å². The number of aromatic nitrogens is 3. The van der Waals surface area contributed by atoms with Crippen LogP contribution in [0.4, 0.5) is 0 Å². The number of esters is 1. The van der Waals surface area contributed by atoms with E-state index in [0.717, 1.165) is 33.2 Å². The van der Waals surface area contributed by atoms with Crippen molar-refractivity contribution in [2.24, 2.45) is 0 Å². The fraction of sp³-hybridized carbons (Fsp3) is 0.346. The van der Waals surface area contributed by atoms with Gasteiger partial charge in [0, 0.05) is 47.3 Å². The molecule has 35 heavy (non-hydrogen) atoms. The molecule has 0 unspecified atom stereocenters. The van der Waals surface area contributed by atoms with Crippen molar-refractivity contribution in [3.05, 3.63) is 53.3 Å². The highest BCUT2D eigenvalue weighted by molar-refractivity contribution is 5.89. The van der Waals surface area contributed by atoms with Gasteiger partial charge in [0.05, 0.1) is 32.4 Å². The number of H-pyrrole nitrogens is 1. The van der Waals surface area contributed by atoms with Crippen molar-refractivity contribution in [1.29, 1.82) is 5.26 Å². The Kier molecular flexibility index (Phi) is 6.05. The molecule has 2 aromatic heterocycles. The first-order valence-corrected chi connectivity index (χ1v) is 11.6. The van der Waals surface area contributed by atoms with Crippen LogP contribution >= 0.6 is 0 Å². The van der Waals surface area contributed by atoms with E-state index in [0.29, 0.717) is 43.1 Å². The quantitative estimate of drug-likeness (QED) is 0.391. The maximum Gasteiger partial charge on any atom is 0.320 e. The lowest BCUT2D eigenvalue weighted by atomic mass is 10.0. The summed E-state index contributed by atoms with van der Waals surface area (Å²) in [5, 5.41) is 16.5. The van der Waals surface area contributed by atoms with E-state index in [9.17, 15) is 10.1 Å². The van der Waals surface area contributed by atoms with E-state index in [2.05, 4.69) is 18.0 Å². The minimum absolute atomic E-state index is 0.121. The molecule has 0 saturated carbocycles. The molecule has 0 bridgehead atoms. The molecule has 1 saturated heterocycles. The van der Waals surface area contributed by atoms with E-state index in [1.807, 2.05) is 40.2 Å². The summed E-state index contributed by atoms with van der Waals surface area (Å²) in [5.41, 5.74) is 4.30. The summed E-state index contributed by atoms with van der Waals surface area (Å²) in [6.07, 6.45) is 3.76. The Morgan fingerprint density at radius 1 is 1.31 bits per heavy atom. The van der Waals surface area contributed by atoms with E-state index in [-0.39, 0.29) is 18.6 Å². The van der Waals surface area contributed by atoms with Crippen molar-refractivity contribution in [3.63, 3.8) is 0 Å². The molecular formula is C26H27N5O4. The van der Waals surface area contributed by atoms with Crippen LogP contribution in [0.2, 0.25) is 0 Å². The zero-order valence-corrected chi connectivity index (χ0v) is 20.0. The molecule has 0 atom stereocenters. The zero-order valence-electron chi connectivity index (χ0n) is 20.0. The Balaban J connectivity index is 1.41. The summed E-state index contributed by atoms with van der Waals surface area (Å²) in [6, 6.07) is 9.94. The number of carbonyl (C=O) groups excluding carboxylic acids is 1. The number of hydrogen-bond donors (Lipinski definition) is 1. The molecule has 5 rings (SSSR count). The lowest BCUT2D eigenvalue weighted by Crippen LogP contribution is -2.55. The van der Waals surface area contributed by atoms with Crippen LogP contribution in [-0.4, -0.2) is 65.1 Å². The van der Waals surface area contributed by atoms with Crippen LogP contribution in [0.1, 0.15) is 23.6 Å². The van der Waals surface area contributed by atoms with Gasteiger partial charge in [-0.05, 0) is 43.7 Å². The zero-order chi connectivity index (χ0) is 24.5. The number of likely N-dealkylation sites (tertiary alicyclic amines) is 1. The summed E-state index contributed by atoms with van der Waals surface area (Å²) >= 11 is 0. The van der Waals surface area contributed by atoms with Gasteiger partial charge in [-0.2, -0.15) is 10.4 Å². The molecule has 3 heterocycles. The van der Waals surface area contributed by atoms with Gasteiger partial charge in [-0.1, -0.05) is 0 Å². The molecule has 1 aliphatic rings. The highest BCUT2D eigenvalue weighted by Gasteiger charge is 2.31. The van der Waals surface area contributed by atoms with Gasteiger partial charge in [-0.3, -0.25) is 14.4 Å². The van der Waals surface area contributed by atoms with Crippen molar-refractivity contribution in [3.8, 4) is 17.6 Å². The maximum absolute atomic E-state index is 11.7. The molecule has 9 heteroatoms. The topological polar surface area (TPSA) is 105 Å². The molecule has 0 aliphatic carbocycles. The maximum atomic E-state index is 11.7. The van der Waals surface area contributed by atoms with E-state index in [4.69, 9.17) is 19.3 Å². The average molecular weight is 474 g/mol. The number of nitrogens with one attached hydrogen (secondary N) is 1. The Morgan fingerprint density at radius 2 is 2.14 bits per heavy atom. The summed E-state index contributed by atoms with van der Waals surface area (Å²) in [4.78, 5) is 17.0. The molecule has 1 N–H and O–H groups in total. The van der Waals surface area contributed by atoms with Gasteiger partial charge < -0.3 is 19.2 Å². The van der Waals surface area contributed by atoms with E-state index < -0.39 is 0 Å². The second-order valence-corrected chi connectivity index (χ2v) is 8.70.